The zero-order valence-corrected chi connectivity index (χ0v) is 11.7. The predicted octanol–water partition coefficient (Wildman–Crippen LogP) is 3.90. The molecule has 0 aliphatic rings. The Morgan fingerprint density at radius 1 is 1.47 bits per heavy atom. The van der Waals surface area contributed by atoms with Crippen molar-refractivity contribution in [3.8, 4) is 11.8 Å². The van der Waals surface area contributed by atoms with Crippen molar-refractivity contribution < 1.29 is 9.53 Å². The van der Waals surface area contributed by atoms with E-state index in [0.717, 1.165) is 4.88 Å². The van der Waals surface area contributed by atoms with Crippen molar-refractivity contribution in [2.24, 2.45) is 0 Å². The summed E-state index contributed by atoms with van der Waals surface area (Å²) in [6.07, 6.45) is 0. The standard InChI is InChI=1S/C14H10ClNO2S/c1-18-12-5-4-9(15)7-10(12)14(17)11(8-16)13-3-2-6-19-13/h2-7,11H,1H3. The number of nitrogens with zero attached hydrogens (tertiary/aromatic N) is 1. The van der Waals surface area contributed by atoms with Crippen molar-refractivity contribution in [2.75, 3.05) is 7.11 Å². The lowest BCUT2D eigenvalue weighted by molar-refractivity contribution is 0.0977. The molecule has 2 aromatic rings. The Morgan fingerprint density at radius 3 is 2.84 bits per heavy atom. The van der Waals surface area contributed by atoms with Crippen LogP contribution in [0.1, 0.15) is 21.2 Å². The third-order valence-electron chi connectivity index (χ3n) is 2.65. The predicted molar refractivity (Wildman–Crippen MR) is 75.0 cm³/mol. The summed E-state index contributed by atoms with van der Waals surface area (Å²) in [7, 11) is 1.48. The lowest BCUT2D eigenvalue weighted by Gasteiger charge is -2.10. The number of halogens is 1. The molecule has 5 heteroatoms. The number of carbonyl (C=O) groups excluding carboxylic acids is 1. The Kier molecular flexibility index (Phi) is 4.20. The summed E-state index contributed by atoms with van der Waals surface area (Å²) in [5, 5.41) is 11.5. The van der Waals surface area contributed by atoms with Gasteiger partial charge in [-0.3, -0.25) is 4.79 Å². The summed E-state index contributed by atoms with van der Waals surface area (Å²) in [4.78, 5) is 13.2. The molecule has 1 aromatic carbocycles. The van der Waals surface area contributed by atoms with Gasteiger partial charge < -0.3 is 4.74 Å². The molecule has 96 valence electrons. The fourth-order valence-corrected chi connectivity index (χ4v) is 2.67. The molecule has 0 N–H and O–H groups in total. The molecule has 0 radical (unpaired) electrons. The van der Waals surface area contributed by atoms with Gasteiger partial charge in [0.05, 0.1) is 18.7 Å². The minimum Gasteiger partial charge on any atom is -0.496 e. The number of benzene rings is 1. The monoisotopic (exact) mass is 291 g/mol. The van der Waals surface area contributed by atoms with Gasteiger partial charge in [-0.25, -0.2) is 0 Å². The summed E-state index contributed by atoms with van der Waals surface area (Å²) >= 11 is 7.28. The minimum absolute atomic E-state index is 0.302. The van der Waals surface area contributed by atoms with Crippen LogP contribution >= 0.6 is 22.9 Å². The molecule has 19 heavy (non-hydrogen) atoms. The van der Waals surface area contributed by atoms with Gasteiger partial charge in [0.1, 0.15) is 11.7 Å². The molecule has 0 aliphatic carbocycles. The highest BCUT2D eigenvalue weighted by Gasteiger charge is 2.25. The first-order valence-corrected chi connectivity index (χ1v) is 6.74. The Balaban J connectivity index is 2.44. The average Bonchev–Trinajstić information content (AvgIpc) is 2.93. The van der Waals surface area contributed by atoms with Crippen molar-refractivity contribution in [2.45, 2.75) is 5.92 Å². The Bertz CT molecular complexity index is 631. The van der Waals surface area contributed by atoms with Crippen LogP contribution < -0.4 is 4.74 Å². The largest absolute Gasteiger partial charge is 0.496 e. The summed E-state index contributed by atoms with van der Waals surface area (Å²) < 4.78 is 5.15. The van der Waals surface area contributed by atoms with Gasteiger partial charge in [0.2, 0.25) is 0 Å². The van der Waals surface area contributed by atoms with E-state index >= 15 is 0 Å². The maximum atomic E-state index is 12.5. The molecule has 0 fully saturated rings. The topological polar surface area (TPSA) is 50.1 Å². The Hall–Kier alpha value is -1.83. The number of hydrogen-bond acceptors (Lipinski definition) is 4. The third kappa shape index (κ3) is 2.78. The van der Waals surface area contributed by atoms with Gasteiger partial charge >= 0.3 is 0 Å². The second-order valence-corrected chi connectivity index (χ2v) is 5.20. The molecule has 2 rings (SSSR count). The van der Waals surface area contributed by atoms with Crippen LogP contribution in [0.3, 0.4) is 0 Å². The van der Waals surface area contributed by atoms with Gasteiger partial charge in [-0.1, -0.05) is 17.7 Å². The van der Waals surface area contributed by atoms with E-state index in [1.165, 1.54) is 24.5 Å². The van der Waals surface area contributed by atoms with Gasteiger partial charge in [-0.2, -0.15) is 5.26 Å². The van der Waals surface area contributed by atoms with Crippen LogP contribution in [0, 0.1) is 11.3 Å². The first-order chi connectivity index (χ1) is 9.17. The van der Waals surface area contributed by atoms with Crippen molar-refractivity contribution in [1.82, 2.24) is 0 Å². The molecular formula is C14H10ClNO2S. The van der Waals surface area contributed by atoms with E-state index in [1.807, 2.05) is 17.5 Å². The fourth-order valence-electron chi connectivity index (χ4n) is 1.74. The molecule has 1 unspecified atom stereocenters. The molecule has 3 nitrogen and oxygen atoms in total. The van der Waals surface area contributed by atoms with Gasteiger partial charge in [0.25, 0.3) is 0 Å². The Morgan fingerprint density at radius 2 is 2.26 bits per heavy atom. The average molecular weight is 292 g/mol. The van der Waals surface area contributed by atoms with Crippen molar-refractivity contribution in [3.63, 3.8) is 0 Å². The number of hydrogen-bond donors (Lipinski definition) is 0. The van der Waals surface area contributed by atoms with Crippen LogP contribution in [0.2, 0.25) is 5.02 Å². The van der Waals surface area contributed by atoms with E-state index in [1.54, 1.807) is 18.2 Å². The molecule has 0 amide bonds. The molecule has 0 saturated heterocycles. The number of methoxy groups -OCH3 is 1. The molecule has 0 spiro atoms. The van der Waals surface area contributed by atoms with Crippen molar-refractivity contribution in [1.29, 1.82) is 5.26 Å². The second-order valence-electron chi connectivity index (χ2n) is 3.79. The quantitative estimate of drug-likeness (QED) is 0.803. The highest BCUT2D eigenvalue weighted by Crippen LogP contribution is 2.30. The van der Waals surface area contributed by atoms with Crippen LogP contribution in [0.4, 0.5) is 0 Å². The number of nitriles is 1. The highest BCUT2D eigenvalue weighted by molar-refractivity contribution is 7.10. The van der Waals surface area contributed by atoms with Crippen molar-refractivity contribution >= 4 is 28.7 Å². The number of rotatable bonds is 4. The summed E-state index contributed by atoms with van der Waals surface area (Å²) in [5.74, 6) is -0.706. The lowest BCUT2D eigenvalue weighted by Crippen LogP contribution is -2.11. The molecule has 0 saturated carbocycles. The number of Topliss-reactive ketones (excluding diaryl/α,β-unsaturated/α-hetero) is 1. The third-order valence-corrected chi connectivity index (χ3v) is 3.82. The fraction of sp³-hybridized carbons (Fsp3) is 0.143. The summed E-state index contributed by atoms with van der Waals surface area (Å²) in [6, 6.07) is 10.4. The normalized spacial score (nSPS) is 11.6. The second kappa shape index (κ2) is 5.87. The molecule has 1 heterocycles. The molecular weight excluding hydrogens is 282 g/mol. The minimum atomic E-state index is -0.827. The van der Waals surface area contributed by atoms with E-state index in [9.17, 15) is 10.1 Å². The molecule has 1 aromatic heterocycles. The zero-order valence-electron chi connectivity index (χ0n) is 10.1. The van der Waals surface area contributed by atoms with Crippen LogP contribution in [0.25, 0.3) is 0 Å². The van der Waals surface area contributed by atoms with Crippen LogP contribution in [-0.2, 0) is 0 Å². The highest BCUT2D eigenvalue weighted by atomic mass is 35.5. The van der Waals surface area contributed by atoms with Crippen molar-refractivity contribution in [3.05, 3.63) is 51.2 Å². The van der Waals surface area contributed by atoms with E-state index in [-0.39, 0.29) is 5.78 Å². The van der Waals surface area contributed by atoms with E-state index < -0.39 is 5.92 Å². The van der Waals surface area contributed by atoms with Crippen LogP contribution in [0.5, 0.6) is 5.75 Å². The van der Waals surface area contributed by atoms with Gasteiger partial charge in [0, 0.05) is 9.90 Å². The molecule has 0 aliphatic heterocycles. The SMILES string of the molecule is COc1ccc(Cl)cc1C(=O)C(C#N)c1cccs1. The van der Waals surface area contributed by atoms with E-state index in [2.05, 4.69) is 0 Å². The number of thiophene rings is 1. The smallest absolute Gasteiger partial charge is 0.189 e. The maximum Gasteiger partial charge on any atom is 0.189 e. The molecule has 0 bridgehead atoms. The summed E-state index contributed by atoms with van der Waals surface area (Å²) in [5.41, 5.74) is 0.329. The number of carbonyl (C=O) groups is 1. The van der Waals surface area contributed by atoms with Crippen LogP contribution in [-0.4, -0.2) is 12.9 Å². The van der Waals surface area contributed by atoms with Crippen LogP contribution in [0.15, 0.2) is 35.7 Å². The van der Waals surface area contributed by atoms with Gasteiger partial charge in [0.15, 0.2) is 5.78 Å². The molecule has 1 atom stereocenters. The maximum absolute atomic E-state index is 12.5. The first-order valence-electron chi connectivity index (χ1n) is 5.48. The van der Waals surface area contributed by atoms with E-state index in [4.69, 9.17) is 16.3 Å². The number of ketones is 1. The first kappa shape index (κ1) is 13.6. The van der Waals surface area contributed by atoms with Gasteiger partial charge in [-0.15, -0.1) is 11.3 Å². The Labute approximate surface area is 120 Å². The number of ether oxygens (including phenoxy) is 1. The van der Waals surface area contributed by atoms with Gasteiger partial charge in [-0.05, 0) is 29.6 Å². The summed E-state index contributed by atoms with van der Waals surface area (Å²) in [6.45, 7) is 0. The van der Waals surface area contributed by atoms with E-state index in [0.29, 0.717) is 16.3 Å². The zero-order chi connectivity index (χ0) is 13.8. The lowest BCUT2D eigenvalue weighted by atomic mass is 9.97.